The molecule has 1 atom stereocenters. The number of nitrogens with zero attached hydrogens (tertiary/aromatic N) is 1. The fraction of sp³-hybridized carbons (Fsp3) is 0.562. The van der Waals surface area contributed by atoms with Crippen LogP contribution in [0.2, 0.25) is 5.02 Å². The summed E-state index contributed by atoms with van der Waals surface area (Å²) in [6.07, 6.45) is 3.89. The lowest BCUT2D eigenvalue weighted by atomic mass is 9.85. The van der Waals surface area contributed by atoms with E-state index in [1.807, 2.05) is 6.92 Å². The highest BCUT2D eigenvalue weighted by Crippen LogP contribution is 2.28. The molecule has 0 bridgehead atoms. The van der Waals surface area contributed by atoms with Crippen molar-refractivity contribution in [3.8, 4) is 0 Å². The molecule has 1 aromatic rings. The zero-order valence-electron chi connectivity index (χ0n) is 12.7. The van der Waals surface area contributed by atoms with Crippen molar-refractivity contribution in [3.63, 3.8) is 0 Å². The molecule has 2 rings (SSSR count). The third-order valence-corrected chi connectivity index (χ3v) is 4.56. The monoisotopic (exact) mass is 309 g/mol. The first-order valence-corrected chi connectivity index (χ1v) is 7.99. The maximum atomic E-state index is 12.4. The summed E-state index contributed by atoms with van der Waals surface area (Å²) in [5, 5.41) is 3.45. The van der Waals surface area contributed by atoms with Crippen LogP contribution in [0, 0.1) is 5.92 Å². The quantitative estimate of drug-likeness (QED) is 0.792. The highest BCUT2D eigenvalue weighted by molar-refractivity contribution is 6.31. The van der Waals surface area contributed by atoms with Crippen LogP contribution in [0.25, 0.3) is 0 Å². The van der Waals surface area contributed by atoms with Gasteiger partial charge in [-0.05, 0) is 50.4 Å². The van der Waals surface area contributed by atoms with Crippen LogP contribution in [-0.2, 0) is 4.79 Å². The van der Waals surface area contributed by atoms with Gasteiger partial charge < -0.3 is 11.1 Å². The highest BCUT2D eigenvalue weighted by atomic mass is 35.5. The number of carbonyl (C=O) groups excluding carboxylic acids is 1. The number of nitrogens with one attached hydrogen (secondary N) is 1. The van der Waals surface area contributed by atoms with Gasteiger partial charge in [-0.25, -0.2) is 0 Å². The molecule has 0 aliphatic heterocycles. The standard InChI is InChI=1S/C16H24ClN3O/c1-3-20(10-12-5-4-6-12)11(2)16(21)19-15-9-13(17)7-8-14(15)18/h7-9,11-12H,3-6,10,18H2,1-2H3,(H,19,21). The SMILES string of the molecule is CCN(CC1CCC1)C(C)C(=O)Nc1cc(Cl)ccc1N. The van der Waals surface area contributed by atoms with Crippen molar-refractivity contribution in [2.45, 2.75) is 39.2 Å². The third-order valence-electron chi connectivity index (χ3n) is 4.32. The highest BCUT2D eigenvalue weighted by Gasteiger charge is 2.26. The van der Waals surface area contributed by atoms with Gasteiger partial charge in [0, 0.05) is 11.6 Å². The van der Waals surface area contributed by atoms with Gasteiger partial charge >= 0.3 is 0 Å². The van der Waals surface area contributed by atoms with Crippen LogP contribution in [-0.4, -0.2) is 29.9 Å². The Bertz CT molecular complexity index is 502. The number of benzene rings is 1. The summed E-state index contributed by atoms with van der Waals surface area (Å²) in [5.74, 6) is 0.710. The summed E-state index contributed by atoms with van der Waals surface area (Å²) in [7, 11) is 0. The minimum atomic E-state index is -0.172. The van der Waals surface area contributed by atoms with Crippen molar-refractivity contribution < 1.29 is 4.79 Å². The van der Waals surface area contributed by atoms with Crippen molar-refractivity contribution in [1.82, 2.24) is 4.90 Å². The number of amides is 1. The number of anilines is 2. The molecule has 0 aromatic heterocycles. The summed E-state index contributed by atoms with van der Waals surface area (Å²) in [4.78, 5) is 14.6. The molecule has 21 heavy (non-hydrogen) atoms. The molecule has 0 radical (unpaired) electrons. The first kappa shape index (κ1) is 16.1. The van der Waals surface area contributed by atoms with Crippen molar-refractivity contribution >= 4 is 28.9 Å². The molecule has 4 nitrogen and oxygen atoms in total. The molecule has 5 heteroatoms. The fourth-order valence-corrected chi connectivity index (χ4v) is 2.78. The number of likely N-dealkylation sites (N-methyl/N-ethyl adjacent to an activating group) is 1. The number of hydrogen-bond acceptors (Lipinski definition) is 3. The van der Waals surface area contributed by atoms with E-state index in [1.54, 1.807) is 18.2 Å². The second-order valence-corrected chi connectivity index (χ2v) is 6.22. The Morgan fingerprint density at radius 1 is 1.52 bits per heavy atom. The molecule has 1 fully saturated rings. The number of nitrogens with two attached hydrogens (primary N) is 1. The van der Waals surface area contributed by atoms with Gasteiger partial charge in [0.1, 0.15) is 0 Å². The van der Waals surface area contributed by atoms with Gasteiger partial charge in [0.05, 0.1) is 17.4 Å². The molecule has 1 unspecified atom stereocenters. The summed E-state index contributed by atoms with van der Waals surface area (Å²) < 4.78 is 0. The predicted molar refractivity (Wildman–Crippen MR) is 88.5 cm³/mol. The molecule has 1 aliphatic carbocycles. The number of nitrogen functional groups attached to an aromatic ring is 1. The van der Waals surface area contributed by atoms with Gasteiger partial charge in [-0.15, -0.1) is 0 Å². The largest absolute Gasteiger partial charge is 0.397 e. The Hall–Kier alpha value is -1.26. The number of hydrogen-bond donors (Lipinski definition) is 2. The molecular formula is C16H24ClN3O. The summed E-state index contributed by atoms with van der Waals surface area (Å²) in [6, 6.07) is 4.93. The second kappa shape index (κ2) is 7.14. The van der Waals surface area contributed by atoms with Crippen LogP contribution >= 0.6 is 11.6 Å². The van der Waals surface area contributed by atoms with E-state index in [4.69, 9.17) is 17.3 Å². The lowest BCUT2D eigenvalue weighted by Crippen LogP contribution is -2.45. The van der Waals surface area contributed by atoms with E-state index in [1.165, 1.54) is 19.3 Å². The van der Waals surface area contributed by atoms with Gasteiger partial charge in [-0.3, -0.25) is 9.69 Å². The lowest BCUT2D eigenvalue weighted by molar-refractivity contribution is -0.121. The van der Waals surface area contributed by atoms with Gasteiger partial charge in [0.2, 0.25) is 5.91 Å². The molecule has 1 aromatic carbocycles. The molecule has 0 heterocycles. The normalized spacial score (nSPS) is 16.6. The Kier molecular flexibility index (Phi) is 5.48. The van der Waals surface area contributed by atoms with Crippen LogP contribution in [0.3, 0.4) is 0 Å². The maximum absolute atomic E-state index is 12.4. The Labute approximate surface area is 131 Å². The Morgan fingerprint density at radius 2 is 2.24 bits per heavy atom. The van der Waals surface area contributed by atoms with Crippen LogP contribution in [0.4, 0.5) is 11.4 Å². The number of halogens is 1. The minimum Gasteiger partial charge on any atom is -0.397 e. The van der Waals surface area contributed by atoms with Crippen molar-refractivity contribution in [2.24, 2.45) is 5.92 Å². The van der Waals surface area contributed by atoms with E-state index in [9.17, 15) is 4.79 Å². The van der Waals surface area contributed by atoms with Gasteiger partial charge in [0.15, 0.2) is 0 Å². The molecule has 1 aliphatic rings. The van der Waals surface area contributed by atoms with Crippen LogP contribution in [0.1, 0.15) is 33.1 Å². The van der Waals surface area contributed by atoms with E-state index in [0.717, 1.165) is 19.0 Å². The van der Waals surface area contributed by atoms with Gasteiger partial charge in [-0.1, -0.05) is 24.9 Å². The molecule has 1 saturated carbocycles. The first-order valence-electron chi connectivity index (χ1n) is 7.61. The second-order valence-electron chi connectivity index (χ2n) is 5.78. The van der Waals surface area contributed by atoms with Crippen molar-refractivity contribution in [2.75, 3.05) is 24.1 Å². The maximum Gasteiger partial charge on any atom is 0.241 e. The van der Waals surface area contributed by atoms with E-state index in [0.29, 0.717) is 16.4 Å². The average Bonchev–Trinajstić information content (AvgIpc) is 2.41. The zero-order valence-corrected chi connectivity index (χ0v) is 13.5. The van der Waals surface area contributed by atoms with E-state index >= 15 is 0 Å². The summed E-state index contributed by atoms with van der Waals surface area (Å²) >= 11 is 5.95. The lowest BCUT2D eigenvalue weighted by Gasteiger charge is -2.34. The van der Waals surface area contributed by atoms with Crippen LogP contribution in [0.5, 0.6) is 0 Å². The molecular weight excluding hydrogens is 286 g/mol. The zero-order chi connectivity index (χ0) is 15.4. The Morgan fingerprint density at radius 3 is 2.81 bits per heavy atom. The summed E-state index contributed by atoms with van der Waals surface area (Å²) in [5.41, 5.74) is 6.98. The summed E-state index contributed by atoms with van der Waals surface area (Å²) in [6.45, 7) is 5.90. The molecule has 0 saturated heterocycles. The van der Waals surface area contributed by atoms with Gasteiger partial charge in [0.25, 0.3) is 0 Å². The number of rotatable bonds is 6. The van der Waals surface area contributed by atoms with E-state index < -0.39 is 0 Å². The smallest absolute Gasteiger partial charge is 0.241 e. The van der Waals surface area contributed by atoms with Crippen LogP contribution < -0.4 is 11.1 Å². The molecule has 0 spiro atoms. The number of carbonyl (C=O) groups is 1. The van der Waals surface area contributed by atoms with Gasteiger partial charge in [-0.2, -0.15) is 0 Å². The first-order chi connectivity index (χ1) is 10.0. The molecule has 3 N–H and O–H groups in total. The fourth-order valence-electron chi connectivity index (χ4n) is 2.61. The molecule has 116 valence electrons. The van der Waals surface area contributed by atoms with E-state index in [2.05, 4.69) is 17.1 Å². The van der Waals surface area contributed by atoms with E-state index in [-0.39, 0.29) is 11.9 Å². The third kappa shape index (κ3) is 4.11. The van der Waals surface area contributed by atoms with Crippen molar-refractivity contribution in [3.05, 3.63) is 23.2 Å². The Balaban J connectivity index is 1.98. The predicted octanol–water partition coefficient (Wildman–Crippen LogP) is 3.37. The van der Waals surface area contributed by atoms with Crippen molar-refractivity contribution in [1.29, 1.82) is 0 Å². The van der Waals surface area contributed by atoms with Crippen LogP contribution in [0.15, 0.2) is 18.2 Å². The molecule has 1 amide bonds. The average molecular weight is 310 g/mol. The topological polar surface area (TPSA) is 58.4 Å². The minimum absolute atomic E-state index is 0.0369.